The SMILES string of the molecule is C#Cc1cccc(Oc2ccc(N)c(O)c2)c1Oc1ccc(N)c(O)c1. The van der Waals surface area contributed by atoms with Crippen LogP contribution in [0.5, 0.6) is 34.5 Å². The number of phenolic OH excluding ortho intramolecular Hbond substituents is 2. The highest BCUT2D eigenvalue weighted by molar-refractivity contribution is 5.60. The third kappa shape index (κ3) is 3.42. The van der Waals surface area contributed by atoms with Crippen LogP contribution in [0.1, 0.15) is 5.56 Å². The maximum Gasteiger partial charge on any atom is 0.185 e. The van der Waals surface area contributed by atoms with Gasteiger partial charge in [0.05, 0.1) is 16.9 Å². The molecule has 0 unspecified atom stereocenters. The number of terminal acetylenes is 1. The summed E-state index contributed by atoms with van der Waals surface area (Å²) in [6.45, 7) is 0. The largest absolute Gasteiger partial charge is 0.506 e. The predicted molar refractivity (Wildman–Crippen MR) is 99.6 cm³/mol. The van der Waals surface area contributed by atoms with E-state index in [1.165, 1.54) is 24.3 Å². The van der Waals surface area contributed by atoms with Crippen molar-refractivity contribution in [3.8, 4) is 46.8 Å². The normalized spacial score (nSPS) is 10.1. The molecule has 0 aliphatic carbocycles. The first-order valence-electron chi connectivity index (χ1n) is 7.60. The molecule has 0 aromatic heterocycles. The van der Waals surface area contributed by atoms with E-state index < -0.39 is 0 Å². The minimum atomic E-state index is -0.105. The molecule has 0 spiro atoms. The molecule has 0 fully saturated rings. The molecule has 0 atom stereocenters. The van der Waals surface area contributed by atoms with Crippen LogP contribution in [0.2, 0.25) is 0 Å². The molecule has 6 N–H and O–H groups in total. The number of nitrogens with two attached hydrogens (primary N) is 2. The molecule has 0 saturated heterocycles. The van der Waals surface area contributed by atoms with Crippen molar-refractivity contribution in [2.24, 2.45) is 0 Å². The Morgan fingerprint density at radius 2 is 1.38 bits per heavy atom. The van der Waals surface area contributed by atoms with Gasteiger partial charge in [0.15, 0.2) is 11.5 Å². The van der Waals surface area contributed by atoms with E-state index in [0.717, 1.165) is 0 Å². The average Bonchev–Trinajstić information content (AvgIpc) is 2.62. The van der Waals surface area contributed by atoms with Crippen LogP contribution in [-0.4, -0.2) is 10.2 Å². The van der Waals surface area contributed by atoms with Crippen molar-refractivity contribution in [2.45, 2.75) is 0 Å². The summed E-state index contributed by atoms with van der Waals surface area (Å²) in [6.07, 6.45) is 5.55. The summed E-state index contributed by atoms with van der Waals surface area (Å²) in [6, 6.07) is 14.1. The maximum atomic E-state index is 9.75. The van der Waals surface area contributed by atoms with Crippen LogP contribution in [0.3, 0.4) is 0 Å². The summed E-state index contributed by atoms with van der Waals surface area (Å²) in [7, 11) is 0. The molecule has 6 nitrogen and oxygen atoms in total. The highest BCUT2D eigenvalue weighted by atomic mass is 16.5. The highest BCUT2D eigenvalue weighted by Crippen LogP contribution is 2.39. The molecule has 0 aliphatic rings. The molecule has 0 saturated carbocycles. The number of aromatic hydroxyl groups is 2. The number of hydrogen-bond donors (Lipinski definition) is 4. The Hall–Kier alpha value is -3.98. The zero-order chi connectivity index (χ0) is 18.7. The molecule has 130 valence electrons. The van der Waals surface area contributed by atoms with Crippen LogP contribution in [-0.2, 0) is 0 Å². The van der Waals surface area contributed by atoms with Gasteiger partial charge in [-0.3, -0.25) is 0 Å². The molecule has 0 aliphatic heterocycles. The number of ether oxygens (including phenoxy) is 2. The maximum absolute atomic E-state index is 9.75. The zero-order valence-corrected chi connectivity index (χ0v) is 13.6. The van der Waals surface area contributed by atoms with E-state index in [2.05, 4.69) is 5.92 Å². The molecule has 3 aromatic rings. The Kier molecular flexibility index (Phi) is 4.46. The van der Waals surface area contributed by atoms with Crippen LogP contribution < -0.4 is 20.9 Å². The lowest BCUT2D eigenvalue weighted by Gasteiger charge is -2.15. The Morgan fingerprint density at radius 1 is 0.808 bits per heavy atom. The average molecular weight is 348 g/mol. The Morgan fingerprint density at radius 3 is 1.92 bits per heavy atom. The molecule has 3 rings (SSSR count). The molecular weight excluding hydrogens is 332 g/mol. The van der Waals surface area contributed by atoms with Crippen LogP contribution in [0.25, 0.3) is 0 Å². The van der Waals surface area contributed by atoms with Crippen molar-refractivity contribution >= 4 is 11.4 Å². The van der Waals surface area contributed by atoms with E-state index in [1.54, 1.807) is 30.3 Å². The molecule has 0 amide bonds. The number of phenols is 2. The second kappa shape index (κ2) is 6.87. The van der Waals surface area contributed by atoms with Crippen LogP contribution >= 0.6 is 0 Å². The van der Waals surface area contributed by atoms with Crippen molar-refractivity contribution < 1.29 is 19.7 Å². The minimum Gasteiger partial charge on any atom is -0.506 e. The van der Waals surface area contributed by atoms with Crippen LogP contribution in [0.15, 0.2) is 54.6 Å². The Labute approximate surface area is 150 Å². The Bertz CT molecular complexity index is 1010. The Balaban J connectivity index is 1.99. The second-order valence-corrected chi connectivity index (χ2v) is 5.42. The lowest BCUT2D eigenvalue weighted by Crippen LogP contribution is -1.95. The van der Waals surface area contributed by atoms with Gasteiger partial charge < -0.3 is 31.2 Å². The molecule has 0 radical (unpaired) electrons. The fourth-order valence-corrected chi connectivity index (χ4v) is 2.23. The van der Waals surface area contributed by atoms with Gasteiger partial charge in [0.2, 0.25) is 0 Å². The zero-order valence-electron chi connectivity index (χ0n) is 13.6. The van der Waals surface area contributed by atoms with Gasteiger partial charge in [-0.2, -0.15) is 0 Å². The van der Waals surface area contributed by atoms with E-state index in [9.17, 15) is 10.2 Å². The third-order valence-electron chi connectivity index (χ3n) is 3.59. The number of nitrogen functional groups attached to an aromatic ring is 2. The fraction of sp³-hybridized carbons (Fsp3) is 0. The van der Waals surface area contributed by atoms with E-state index in [4.69, 9.17) is 27.4 Å². The summed E-state index contributed by atoms with van der Waals surface area (Å²) in [4.78, 5) is 0. The van der Waals surface area contributed by atoms with Crippen LogP contribution in [0, 0.1) is 12.3 Å². The fourth-order valence-electron chi connectivity index (χ4n) is 2.23. The highest BCUT2D eigenvalue weighted by Gasteiger charge is 2.14. The van der Waals surface area contributed by atoms with Gasteiger partial charge in [0.1, 0.15) is 23.0 Å². The number of rotatable bonds is 4. The van der Waals surface area contributed by atoms with Gasteiger partial charge in [-0.1, -0.05) is 12.0 Å². The number of hydrogen-bond acceptors (Lipinski definition) is 6. The monoisotopic (exact) mass is 348 g/mol. The summed E-state index contributed by atoms with van der Waals surface area (Å²) < 4.78 is 11.6. The minimum absolute atomic E-state index is 0.0958. The van der Waals surface area contributed by atoms with Crippen molar-refractivity contribution in [3.05, 3.63) is 60.2 Å². The molecule has 6 heteroatoms. The smallest absolute Gasteiger partial charge is 0.185 e. The summed E-state index contributed by atoms with van der Waals surface area (Å²) in [5, 5.41) is 19.5. The van der Waals surface area contributed by atoms with Gasteiger partial charge >= 0.3 is 0 Å². The van der Waals surface area contributed by atoms with Crippen molar-refractivity contribution in [3.63, 3.8) is 0 Å². The standard InChI is InChI=1S/C20H16N2O4/c1-2-12-4-3-5-19(25-13-6-8-15(21)17(23)10-13)20(12)26-14-7-9-16(22)18(24)11-14/h1,3-11,23-24H,21-22H2. The number of benzene rings is 3. The second-order valence-electron chi connectivity index (χ2n) is 5.42. The topological polar surface area (TPSA) is 111 Å². The van der Waals surface area contributed by atoms with Gasteiger partial charge in [0.25, 0.3) is 0 Å². The van der Waals surface area contributed by atoms with Crippen molar-refractivity contribution in [2.75, 3.05) is 11.5 Å². The lowest BCUT2D eigenvalue weighted by molar-refractivity contribution is 0.411. The van der Waals surface area contributed by atoms with E-state index in [-0.39, 0.29) is 28.6 Å². The van der Waals surface area contributed by atoms with E-state index >= 15 is 0 Å². The molecule has 0 bridgehead atoms. The molecule has 0 heterocycles. The first-order chi connectivity index (χ1) is 12.5. The summed E-state index contributed by atoms with van der Waals surface area (Å²) in [5.41, 5.74) is 12.1. The third-order valence-corrected chi connectivity index (χ3v) is 3.59. The van der Waals surface area contributed by atoms with Gasteiger partial charge in [-0.05, 0) is 36.4 Å². The predicted octanol–water partition coefficient (Wildman–Crippen LogP) is 3.83. The number of anilines is 2. The quantitative estimate of drug-likeness (QED) is 0.324. The molecule has 26 heavy (non-hydrogen) atoms. The van der Waals surface area contributed by atoms with Gasteiger partial charge in [-0.25, -0.2) is 0 Å². The van der Waals surface area contributed by atoms with Crippen molar-refractivity contribution in [1.82, 2.24) is 0 Å². The summed E-state index contributed by atoms with van der Waals surface area (Å²) in [5.74, 6) is 3.64. The summed E-state index contributed by atoms with van der Waals surface area (Å²) >= 11 is 0. The lowest BCUT2D eigenvalue weighted by atomic mass is 10.2. The first-order valence-corrected chi connectivity index (χ1v) is 7.60. The van der Waals surface area contributed by atoms with Gasteiger partial charge in [-0.15, -0.1) is 6.42 Å². The number of para-hydroxylation sites is 1. The van der Waals surface area contributed by atoms with E-state index in [0.29, 0.717) is 22.8 Å². The van der Waals surface area contributed by atoms with Gasteiger partial charge in [0, 0.05) is 12.1 Å². The van der Waals surface area contributed by atoms with Crippen LogP contribution in [0.4, 0.5) is 11.4 Å². The molecule has 3 aromatic carbocycles. The van der Waals surface area contributed by atoms with E-state index in [1.807, 2.05) is 0 Å². The first kappa shape index (κ1) is 16.9. The van der Waals surface area contributed by atoms with Crippen molar-refractivity contribution in [1.29, 1.82) is 0 Å². The molecular formula is C20H16N2O4.